The van der Waals surface area contributed by atoms with E-state index in [1.54, 1.807) is 13.8 Å². The second-order valence-corrected chi connectivity index (χ2v) is 7.79. The lowest BCUT2D eigenvalue weighted by Crippen LogP contribution is -2.27. The molecule has 0 spiro atoms. The number of nitrogens with zero attached hydrogens (tertiary/aromatic N) is 2. The fraction of sp³-hybridized carbons (Fsp3) is 0.375. The average Bonchev–Trinajstić information content (AvgIpc) is 3.42. The maximum absolute atomic E-state index is 12.7. The molecule has 1 unspecified atom stereocenters. The first-order valence-corrected chi connectivity index (χ1v) is 10.7. The van der Waals surface area contributed by atoms with Crippen molar-refractivity contribution in [1.29, 1.82) is 0 Å². The highest BCUT2D eigenvalue weighted by Gasteiger charge is 2.28. The molecule has 3 rings (SSSR count). The number of H-pyrrole nitrogens is 1. The Morgan fingerprint density at radius 2 is 1.82 bits per heavy atom. The third-order valence-corrected chi connectivity index (χ3v) is 5.49. The van der Waals surface area contributed by atoms with Crippen LogP contribution in [0.5, 0.6) is 0 Å². The average molecular weight is 453 g/mol. The Hall–Kier alpha value is -3.75. The van der Waals surface area contributed by atoms with Gasteiger partial charge in [0.2, 0.25) is 11.7 Å². The van der Waals surface area contributed by atoms with E-state index in [4.69, 9.17) is 9.47 Å². The Morgan fingerprint density at radius 3 is 2.48 bits per heavy atom. The molecule has 174 valence electrons. The summed E-state index contributed by atoms with van der Waals surface area (Å²) in [4.78, 5) is 52.2. The van der Waals surface area contributed by atoms with Gasteiger partial charge in [0.15, 0.2) is 6.10 Å². The number of Topliss-reactive ketones (excluding diaryl/α,β-unsaturated/α-hetero) is 1. The molecule has 1 aliphatic rings. The molecule has 0 saturated carbocycles. The van der Waals surface area contributed by atoms with Crippen LogP contribution in [0.4, 0.5) is 0 Å². The fourth-order valence-corrected chi connectivity index (χ4v) is 3.73. The van der Waals surface area contributed by atoms with Crippen LogP contribution in [0.2, 0.25) is 0 Å². The fourth-order valence-electron chi connectivity index (χ4n) is 3.73. The van der Waals surface area contributed by atoms with Gasteiger partial charge in [0.05, 0.1) is 37.0 Å². The summed E-state index contributed by atoms with van der Waals surface area (Å²) in [5, 5.41) is 5.72. The van der Waals surface area contributed by atoms with Crippen LogP contribution in [0, 0.1) is 13.8 Å². The highest BCUT2D eigenvalue weighted by molar-refractivity contribution is 6.04. The smallest absolute Gasteiger partial charge is 0.339 e. The van der Waals surface area contributed by atoms with Crippen LogP contribution in [0.25, 0.3) is 0 Å². The number of esters is 2. The van der Waals surface area contributed by atoms with Gasteiger partial charge in [0.25, 0.3) is 0 Å². The molecule has 1 aliphatic heterocycles. The van der Waals surface area contributed by atoms with E-state index >= 15 is 0 Å². The molecule has 1 aromatic carbocycles. The minimum absolute atomic E-state index is 0.0710. The number of hydrogen-bond donors (Lipinski definition) is 1. The number of amides is 1. The molecular weight excluding hydrogens is 426 g/mol. The largest absolute Gasteiger partial charge is 0.465 e. The Morgan fingerprint density at radius 1 is 1.12 bits per heavy atom. The number of aromatic amines is 1. The lowest BCUT2D eigenvalue weighted by atomic mass is 10.1. The van der Waals surface area contributed by atoms with Gasteiger partial charge in [-0.2, -0.15) is 5.10 Å². The van der Waals surface area contributed by atoms with Crippen molar-refractivity contribution < 1.29 is 28.7 Å². The minimum Gasteiger partial charge on any atom is -0.465 e. The van der Waals surface area contributed by atoms with Crippen molar-refractivity contribution in [3.63, 3.8) is 0 Å². The van der Waals surface area contributed by atoms with E-state index in [9.17, 15) is 19.2 Å². The third-order valence-electron chi connectivity index (χ3n) is 5.49. The molecule has 33 heavy (non-hydrogen) atoms. The van der Waals surface area contributed by atoms with Crippen LogP contribution >= 0.6 is 0 Å². The topological polar surface area (TPSA) is 118 Å². The predicted molar refractivity (Wildman–Crippen MR) is 120 cm³/mol. The summed E-state index contributed by atoms with van der Waals surface area (Å²) < 4.78 is 9.97. The van der Waals surface area contributed by atoms with E-state index in [1.807, 2.05) is 30.3 Å². The number of aromatic nitrogens is 1. The van der Waals surface area contributed by atoms with Crippen molar-refractivity contribution in [1.82, 2.24) is 9.99 Å². The van der Waals surface area contributed by atoms with Crippen molar-refractivity contribution in [3.05, 3.63) is 58.4 Å². The molecule has 0 aliphatic carbocycles. The van der Waals surface area contributed by atoms with Crippen LogP contribution < -0.4 is 0 Å². The van der Waals surface area contributed by atoms with Crippen LogP contribution in [0.15, 0.2) is 35.4 Å². The van der Waals surface area contributed by atoms with Crippen molar-refractivity contribution in [2.24, 2.45) is 5.10 Å². The highest BCUT2D eigenvalue weighted by Crippen LogP contribution is 2.21. The van der Waals surface area contributed by atoms with Gasteiger partial charge in [-0.1, -0.05) is 30.3 Å². The zero-order chi connectivity index (χ0) is 24.1. The number of nitrogens with one attached hydrogen (secondary N) is 1. The summed E-state index contributed by atoms with van der Waals surface area (Å²) in [6.07, 6.45) is -0.671. The van der Waals surface area contributed by atoms with Gasteiger partial charge in [0.1, 0.15) is 0 Å². The Kier molecular flexibility index (Phi) is 7.42. The number of hydrogen-bond acceptors (Lipinski definition) is 7. The van der Waals surface area contributed by atoms with Crippen LogP contribution in [-0.4, -0.2) is 59.1 Å². The molecule has 0 radical (unpaired) electrons. The number of ether oxygens (including phenoxy) is 2. The second-order valence-electron chi connectivity index (χ2n) is 7.79. The predicted octanol–water partition coefficient (Wildman–Crippen LogP) is 2.95. The van der Waals surface area contributed by atoms with Crippen molar-refractivity contribution in [2.75, 3.05) is 13.7 Å². The van der Waals surface area contributed by atoms with Crippen LogP contribution in [0.1, 0.15) is 63.9 Å². The van der Waals surface area contributed by atoms with Crippen molar-refractivity contribution in [2.45, 2.75) is 46.1 Å². The van der Waals surface area contributed by atoms with E-state index in [2.05, 4.69) is 10.1 Å². The van der Waals surface area contributed by atoms with E-state index < -0.39 is 23.8 Å². The van der Waals surface area contributed by atoms with Gasteiger partial charge in [-0.15, -0.1) is 0 Å². The quantitative estimate of drug-likeness (QED) is 0.485. The molecule has 9 nitrogen and oxygen atoms in total. The number of ketones is 1. The second kappa shape index (κ2) is 10.2. The number of benzene rings is 1. The molecule has 2 heterocycles. The molecule has 9 heteroatoms. The maximum Gasteiger partial charge on any atom is 0.339 e. The number of carbonyl (C=O) groups is 4. The lowest BCUT2D eigenvalue weighted by molar-refractivity contribution is -0.148. The third kappa shape index (κ3) is 5.36. The molecule has 1 aromatic heterocycles. The summed E-state index contributed by atoms with van der Waals surface area (Å²) in [6, 6.07) is 9.60. The molecule has 0 bridgehead atoms. The number of hydrazone groups is 1. The van der Waals surface area contributed by atoms with E-state index in [0.717, 1.165) is 11.3 Å². The molecule has 1 atom stereocenters. The van der Waals surface area contributed by atoms with Gasteiger partial charge in [-0.25, -0.2) is 9.80 Å². The summed E-state index contributed by atoms with van der Waals surface area (Å²) >= 11 is 0. The van der Waals surface area contributed by atoms with E-state index in [1.165, 1.54) is 19.0 Å². The monoisotopic (exact) mass is 453 g/mol. The molecule has 0 saturated heterocycles. The first kappa shape index (κ1) is 23.9. The van der Waals surface area contributed by atoms with Gasteiger partial charge in [0, 0.05) is 18.5 Å². The van der Waals surface area contributed by atoms with E-state index in [-0.39, 0.29) is 30.0 Å². The SMILES string of the molecule is COC(=O)c1c(C)[nH]c(C(=O)C(C)OC(=O)CCC(=O)N2CCC(c3ccccc3)=N2)c1C. The Bertz CT molecular complexity index is 1100. The molecule has 0 fully saturated rings. The first-order valence-electron chi connectivity index (χ1n) is 10.7. The number of methoxy groups -OCH3 is 1. The van der Waals surface area contributed by atoms with Crippen molar-refractivity contribution in [3.8, 4) is 0 Å². The minimum atomic E-state index is -1.08. The first-order chi connectivity index (χ1) is 15.7. The zero-order valence-corrected chi connectivity index (χ0v) is 19.1. The lowest BCUT2D eigenvalue weighted by Gasteiger charge is -2.14. The Labute approximate surface area is 191 Å². The Balaban J connectivity index is 1.54. The van der Waals surface area contributed by atoms with Gasteiger partial charge in [-0.3, -0.25) is 14.4 Å². The zero-order valence-electron chi connectivity index (χ0n) is 19.1. The van der Waals surface area contributed by atoms with Gasteiger partial charge in [-0.05, 0) is 31.9 Å². The summed E-state index contributed by atoms with van der Waals surface area (Å²) in [6.45, 7) is 5.19. The molecule has 1 amide bonds. The summed E-state index contributed by atoms with van der Waals surface area (Å²) in [7, 11) is 1.26. The number of carbonyl (C=O) groups excluding carboxylic acids is 4. The normalized spacial score (nSPS) is 13.9. The number of aryl methyl sites for hydroxylation is 1. The summed E-state index contributed by atoms with van der Waals surface area (Å²) in [5.74, 6) is -1.97. The molecular formula is C24H27N3O6. The van der Waals surface area contributed by atoms with Crippen molar-refractivity contribution >= 4 is 29.3 Å². The maximum atomic E-state index is 12.7. The summed E-state index contributed by atoms with van der Waals surface area (Å²) in [5.41, 5.74) is 3.19. The number of rotatable bonds is 8. The van der Waals surface area contributed by atoms with Gasteiger partial charge >= 0.3 is 11.9 Å². The standard InChI is InChI=1S/C24H27N3O6/c1-14-21(24(31)32-4)15(2)25-22(14)23(30)16(3)33-20(29)11-10-19(28)27-13-12-18(26-27)17-8-6-5-7-9-17/h5-9,16,25H,10-13H2,1-4H3. The van der Waals surface area contributed by atoms with Crippen LogP contribution in [0.3, 0.4) is 0 Å². The highest BCUT2D eigenvalue weighted by atomic mass is 16.5. The van der Waals surface area contributed by atoms with Crippen LogP contribution in [-0.2, 0) is 19.1 Å². The van der Waals surface area contributed by atoms with Gasteiger partial charge < -0.3 is 14.5 Å². The van der Waals surface area contributed by atoms with E-state index in [0.29, 0.717) is 24.2 Å². The molecule has 1 N–H and O–H groups in total. The molecule has 2 aromatic rings.